The summed E-state index contributed by atoms with van der Waals surface area (Å²) in [4.78, 5) is 23.2. The highest BCUT2D eigenvalue weighted by atomic mass is 19.1. The van der Waals surface area contributed by atoms with Crippen molar-refractivity contribution >= 4 is 11.8 Å². The lowest BCUT2D eigenvalue weighted by Gasteiger charge is -2.15. The molecule has 6 heteroatoms. The molecule has 0 fully saturated rings. The number of hydrogen-bond acceptors (Lipinski definition) is 3. The zero-order valence-corrected chi connectivity index (χ0v) is 11.5. The van der Waals surface area contributed by atoms with E-state index in [2.05, 4.69) is 10.6 Å². The maximum absolute atomic E-state index is 12.9. The molecule has 2 atom stereocenters. The van der Waals surface area contributed by atoms with Crippen LogP contribution in [0.2, 0.25) is 0 Å². The normalized spacial score (nSPS) is 13.4. The van der Waals surface area contributed by atoms with Gasteiger partial charge in [-0.15, -0.1) is 0 Å². The second kappa shape index (κ2) is 7.59. The summed E-state index contributed by atoms with van der Waals surface area (Å²) in [7, 11) is 0. The van der Waals surface area contributed by atoms with Gasteiger partial charge in [0.05, 0.1) is 12.6 Å². The van der Waals surface area contributed by atoms with Crippen molar-refractivity contribution in [3.8, 4) is 0 Å². The molecule has 0 spiro atoms. The number of nitrogens with one attached hydrogen (secondary N) is 2. The van der Waals surface area contributed by atoms with Gasteiger partial charge in [-0.25, -0.2) is 4.39 Å². The SMILES string of the molecule is CC(O)CC(C)NC(=O)CNC(=O)c1cccc(F)c1. The lowest BCUT2D eigenvalue weighted by Crippen LogP contribution is -2.41. The molecule has 0 aliphatic heterocycles. The average molecular weight is 282 g/mol. The zero-order valence-electron chi connectivity index (χ0n) is 11.5. The van der Waals surface area contributed by atoms with E-state index in [1.807, 2.05) is 0 Å². The Hall–Kier alpha value is -1.95. The van der Waals surface area contributed by atoms with Gasteiger partial charge in [0.1, 0.15) is 5.82 Å². The van der Waals surface area contributed by atoms with Crippen LogP contribution in [0.1, 0.15) is 30.6 Å². The van der Waals surface area contributed by atoms with Gasteiger partial charge in [-0.3, -0.25) is 9.59 Å². The number of benzene rings is 1. The van der Waals surface area contributed by atoms with E-state index in [-0.39, 0.29) is 24.1 Å². The largest absolute Gasteiger partial charge is 0.393 e. The molecule has 2 amide bonds. The van der Waals surface area contributed by atoms with Gasteiger partial charge >= 0.3 is 0 Å². The van der Waals surface area contributed by atoms with Gasteiger partial charge in [-0.2, -0.15) is 0 Å². The third-order valence-electron chi connectivity index (χ3n) is 2.60. The molecule has 2 unspecified atom stereocenters. The number of carbonyl (C=O) groups excluding carboxylic acids is 2. The molecule has 0 radical (unpaired) electrons. The Kier molecular flexibility index (Phi) is 6.11. The fourth-order valence-electron chi connectivity index (χ4n) is 1.79. The number of carbonyl (C=O) groups is 2. The van der Waals surface area contributed by atoms with Crippen LogP contribution in [0.25, 0.3) is 0 Å². The van der Waals surface area contributed by atoms with E-state index >= 15 is 0 Å². The van der Waals surface area contributed by atoms with E-state index in [9.17, 15) is 19.1 Å². The highest BCUT2D eigenvalue weighted by Crippen LogP contribution is 2.02. The molecule has 1 aromatic rings. The van der Waals surface area contributed by atoms with Crippen molar-refractivity contribution < 1.29 is 19.1 Å². The third kappa shape index (κ3) is 5.79. The van der Waals surface area contributed by atoms with Crippen LogP contribution >= 0.6 is 0 Å². The standard InChI is InChI=1S/C14H19FN2O3/c1-9(6-10(2)18)17-13(19)8-16-14(20)11-4-3-5-12(15)7-11/h3-5,7,9-10,18H,6,8H2,1-2H3,(H,16,20)(H,17,19). The van der Waals surface area contributed by atoms with Crippen LogP contribution in [-0.4, -0.2) is 35.6 Å². The number of hydrogen-bond donors (Lipinski definition) is 3. The smallest absolute Gasteiger partial charge is 0.251 e. The van der Waals surface area contributed by atoms with Crippen LogP contribution in [0, 0.1) is 5.82 Å². The molecule has 0 saturated carbocycles. The molecule has 0 heterocycles. The van der Waals surface area contributed by atoms with Gasteiger partial charge in [0.2, 0.25) is 5.91 Å². The fourth-order valence-corrected chi connectivity index (χ4v) is 1.79. The summed E-state index contributed by atoms with van der Waals surface area (Å²) in [5.41, 5.74) is 0.162. The lowest BCUT2D eigenvalue weighted by molar-refractivity contribution is -0.120. The number of aliphatic hydroxyl groups is 1. The van der Waals surface area contributed by atoms with E-state index in [0.29, 0.717) is 6.42 Å². The summed E-state index contributed by atoms with van der Waals surface area (Å²) in [5.74, 6) is -1.38. The maximum atomic E-state index is 12.9. The Labute approximate surface area is 117 Å². The topological polar surface area (TPSA) is 78.4 Å². The van der Waals surface area contributed by atoms with Crippen LogP contribution in [0.3, 0.4) is 0 Å². The van der Waals surface area contributed by atoms with E-state index in [4.69, 9.17) is 0 Å². The summed E-state index contributed by atoms with van der Waals surface area (Å²) in [6, 6.07) is 5.04. The van der Waals surface area contributed by atoms with Crippen molar-refractivity contribution in [3.05, 3.63) is 35.6 Å². The van der Waals surface area contributed by atoms with Gasteiger partial charge in [-0.05, 0) is 38.5 Å². The Morgan fingerprint density at radius 3 is 2.65 bits per heavy atom. The van der Waals surface area contributed by atoms with Crippen LogP contribution in [0.15, 0.2) is 24.3 Å². The first-order valence-corrected chi connectivity index (χ1v) is 6.39. The van der Waals surface area contributed by atoms with Gasteiger partial charge in [-0.1, -0.05) is 6.07 Å². The van der Waals surface area contributed by atoms with Gasteiger partial charge < -0.3 is 15.7 Å². The first kappa shape index (κ1) is 16.1. The van der Waals surface area contributed by atoms with E-state index in [1.54, 1.807) is 13.8 Å². The Bertz CT molecular complexity index is 477. The summed E-state index contributed by atoms with van der Waals surface area (Å²) in [5, 5.41) is 14.2. The predicted octanol–water partition coefficient (Wildman–Crippen LogP) is 0.831. The second-order valence-electron chi connectivity index (χ2n) is 4.75. The molecule has 20 heavy (non-hydrogen) atoms. The monoisotopic (exact) mass is 282 g/mol. The van der Waals surface area contributed by atoms with E-state index < -0.39 is 17.8 Å². The van der Waals surface area contributed by atoms with Crippen LogP contribution in [0.5, 0.6) is 0 Å². The Morgan fingerprint density at radius 2 is 2.05 bits per heavy atom. The van der Waals surface area contributed by atoms with Gasteiger partial charge in [0.25, 0.3) is 5.91 Å². The maximum Gasteiger partial charge on any atom is 0.251 e. The number of aliphatic hydroxyl groups excluding tert-OH is 1. The van der Waals surface area contributed by atoms with Crippen LogP contribution in [-0.2, 0) is 4.79 Å². The number of rotatable bonds is 6. The summed E-state index contributed by atoms with van der Waals surface area (Å²) < 4.78 is 12.9. The molecule has 3 N–H and O–H groups in total. The lowest BCUT2D eigenvalue weighted by atomic mass is 10.1. The Morgan fingerprint density at radius 1 is 1.35 bits per heavy atom. The summed E-state index contributed by atoms with van der Waals surface area (Å²) >= 11 is 0. The van der Waals surface area contributed by atoms with Crippen molar-refractivity contribution in [1.29, 1.82) is 0 Å². The second-order valence-corrected chi connectivity index (χ2v) is 4.75. The molecule has 5 nitrogen and oxygen atoms in total. The van der Waals surface area contributed by atoms with Crippen LogP contribution < -0.4 is 10.6 Å². The average Bonchev–Trinajstić information content (AvgIpc) is 2.34. The van der Waals surface area contributed by atoms with Crippen molar-refractivity contribution in [1.82, 2.24) is 10.6 Å². The van der Waals surface area contributed by atoms with Gasteiger partial charge in [0.15, 0.2) is 0 Å². The predicted molar refractivity (Wildman–Crippen MR) is 72.6 cm³/mol. The highest BCUT2D eigenvalue weighted by Gasteiger charge is 2.12. The minimum atomic E-state index is -0.511. The quantitative estimate of drug-likeness (QED) is 0.723. The molecule has 0 saturated heterocycles. The minimum Gasteiger partial charge on any atom is -0.393 e. The first-order chi connectivity index (χ1) is 9.38. The van der Waals surface area contributed by atoms with Crippen molar-refractivity contribution in [2.24, 2.45) is 0 Å². The summed E-state index contributed by atoms with van der Waals surface area (Å²) in [6.45, 7) is 3.20. The molecule has 0 aliphatic rings. The zero-order chi connectivity index (χ0) is 15.1. The third-order valence-corrected chi connectivity index (χ3v) is 2.60. The molecule has 110 valence electrons. The fraction of sp³-hybridized carbons (Fsp3) is 0.429. The first-order valence-electron chi connectivity index (χ1n) is 6.39. The molecule has 0 aliphatic carbocycles. The summed E-state index contributed by atoms with van der Waals surface area (Å²) in [6.07, 6.45) is -0.0731. The Balaban J connectivity index is 2.39. The van der Waals surface area contributed by atoms with Crippen molar-refractivity contribution in [2.45, 2.75) is 32.4 Å². The molecule has 0 bridgehead atoms. The number of amides is 2. The van der Waals surface area contributed by atoms with E-state index in [1.165, 1.54) is 18.2 Å². The van der Waals surface area contributed by atoms with Crippen molar-refractivity contribution in [3.63, 3.8) is 0 Å². The molecule has 0 aromatic heterocycles. The molecular formula is C14H19FN2O3. The minimum absolute atomic E-state index is 0.162. The van der Waals surface area contributed by atoms with Gasteiger partial charge in [0, 0.05) is 11.6 Å². The molecule has 1 aromatic carbocycles. The highest BCUT2D eigenvalue weighted by molar-refractivity contribution is 5.96. The molecule has 1 rings (SSSR count). The van der Waals surface area contributed by atoms with E-state index in [0.717, 1.165) is 6.07 Å². The van der Waals surface area contributed by atoms with Crippen LogP contribution in [0.4, 0.5) is 4.39 Å². The molecular weight excluding hydrogens is 263 g/mol. The number of halogens is 1. The van der Waals surface area contributed by atoms with Crippen molar-refractivity contribution in [2.75, 3.05) is 6.54 Å².